The molecule has 0 radical (unpaired) electrons. The average Bonchev–Trinajstić information content (AvgIpc) is 2.95. The van der Waals surface area contributed by atoms with Gasteiger partial charge in [-0.05, 0) is 75.0 Å². The molecular weight excluding hydrogens is 356 g/mol. The summed E-state index contributed by atoms with van der Waals surface area (Å²) in [5, 5.41) is 22.8. The molecule has 4 saturated carbocycles. The van der Waals surface area contributed by atoms with Gasteiger partial charge in [-0.1, -0.05) is 13.8 Å². The molecule has 5 heteroatoms. The van der Waals surface area contributed by atoms with Crippen LogP contribution in [0, 0.1) is 34.5 Å². The van der Waals surface area contributed by atoms with Crippen LogP contribution in [-0.2, 0) is 14.3 Å². The third kappa shape index (κ3) is 2.64. The summed E-state index contributed by atoms with van der Waals surface area (Å²) in [5.74, 6) is 1.28. The van der Waals surface area contributed by atoms with Crippen molar-refractivity contribution in [3.8, 4) is 0 Å². The zero-order valence-corrected chi connectivity index (χ0v) is 17.7. The molecule has 0 aromatic heterocycles. The Morgan fingerprint density at radius 3 is 2.36 bits per heavy atom. The van der Waals surface area contributed by atoms with Crippen molar-refractivity contribution < 1.29 is 24.5 Å². The number of fused-ring (bicyclic) bond motifs is 5. The maximum atomic E-state index is 12.3. The second kappa shape index (κ2) is 6.53. The average molecular weight is 393 g/mol. The van der Waals surface area contributed by atoms with E-state index in [1.165, 1.54) is 6.92 Å². The number of ketones is 1. The first-order valence-corrected chi connectivity index (χ1v) is 11.1. The summed E-state index contributed by atoms with van der Waals surface area (Å²) in [6.45, 7) is 7.58. The van der Waals surface area contributed by atoms with Crippen molar-refractivity contribution in [2.45, 2.75) is 96.9 Å². The number of ether oxygens (including phenoxy) is 1. The minimum atomic E-state index is -1.21. The Morgan fingerprint density at radius 1 is 1.00 bits per heavy atom. The largest absolute Gasteiger partial charge is 0.462 e. The van der Waals surface area contributed by atoms with Crippen molar-refractivity contribution in [2.75, 3.05) is 0 Å². The van der Waals surface area contributed by atoms with Gasteiger partial charge in [0.2, 0.25) is 0 Å². The fourth-order valence-corrected chi connectivity index (χ4v) is 8.25. The molecule has 0 aromatic rings. The summed E-state index contributed by atoms with van der Waals surface area (Å²) >= 11 is 0. The predicted molar refractivity (Wildman–Crippen MR) is 104 cm³/mol. The van der Waals surface area contributed by atoms with Crippen LogP contribution in [0.1, 0.15) is 79.1 Å². The van der Waals surface area contributed by atoms with Gasteiger partial charge in [0.05, 0.1) is 11.7 Å². The van der Waals surface area contributed by atoms with Crippen LogP contribution in [0.25, 0.3) is 0 Å². The van der Waals surface area contributed by atoms with Crippen molar-refractivity contribution in [1.82, 2.24) is 0 Å². The SMILES string of the molecule is CC(=O)O[C@H]1CC[C@]2(C)[C@@H]3CC[C@]4(C)[C@@H](C(C)=O)CC[C@@H]4[C@H]3C[C@@H](O)[C@@]2(O)C1. The Balaban J connectivity index is 1.63. The van der Waals surface area contributed by atoms with Gasteiger partial charge in [-0.2, -0.15) is 0 Å². The quantitative estimate of drug-likeness (QED) is 0.705. The molecule has 0 heterocycles. The van der Waals surface area contributed by atoms with E-state index in [1.807, 2.05) is 0 Å². The minimum absolute atomic E-state index is 0.0352. The summed E-state index contributed by atoms with van der Waals surface area (Å²) in [5.41, 5.74) is -1.55. The molecule has 0 bridgehead atoms. The number of carbonyl (C=O) groups excluding carboxylic acids is 2. The van der Waals surface area contributed by atoms with Crippen LogP contribution >= 0.6 is 0 Å². The van der Waals surface area contributed by atoms with Crippen molar-refractivity contribution in [3.05, 3.63) is 0 Å². The van der Waals surface area contributed by atoms with Crippen LogP contribution in [0.15, 0.2) is 0 Å². The van der Waals surface area contributed by atoms with Crippen LogP contribution in [0.3, 0.4) is 0 Å². The van der Waals surface area contributed by atoms with E-state index in [-0.39, 0.29) is 28.8 Å². The highest BCUT2D eigenvalue weighted by molar-refractivity contribution is 5.79. The molecule has 4 aliphatic rings. The molecule has 158 valence electrons. The van der Waals surface area contributed by atoms with E-state index in [0.29, 0.717) is 36.4 Å². The number of rotatable bonds is 2. The van der Waals surface area contributed by atoms with Crippen molar-refractivity contribution in [2.24, 2.45) is 34.5 Å². The summed E-state index contributed by atoms with van der Waals surface area (Å²) in [6, 6.07) is 0. The maximum Gasteiger partial charge on any atom is 0.302 e. The van der Waals surface area contributed by atoms with Crippen LogP contribution in [0.2, 0.25) is 0 Å². The predicted octanol–water partition coefficient (Wildman–Crippen LogP) is 3.25. The topological polar surface area (TPSA) is 83.8 Å². The van der Waals surface area contributed by atoms with Gasteiger partial charge in [0, 0.05) is 24.7 Å². The van der Waals surface area contributed by atoms with Crippen LogP contribution < -0.4 is 0 Å². The maximum absolute atomic E-state index is 12.3. The number of aliphatic hydroxyl groups is 2. The smallest absolute Gasteiger partial charge is 0.302 e. The Labute approximate surface area is 168 Å². The van der Waals surface area contributed by atoms with E-state index >= 15 is 0 Å². The number of Topliss-reactive ketones (excluding diaryl/α,β-unsaturated/α-hetero) is 1. The van der Waals surface area contributed by atoms with E-state index in [0.717, 1.165) is 38.5 Å². The highest BCUT2D eigenvalue weighted by Gasteiger charge is 2.67. The van der Waals surface area contributed by atoms with E-state index in [1.54, 1.807) is 6.92 Å². The van der Waals surface area contributed by atoms with Crippen molar-refractivity contribution in [3.63, 3.8) is 0 Å². The first-order chi connectivity index (χ1) is 13.0. The normalized spacial score (nSPS) is 52.9. The number of esters is 1. The third-order valence-corrected chi connectivity index (χ3v) is 9.64. The summed E-state index contributed by atoms with van der Waals surface area (Å²) in [6.07, 6.45) is 5.35. The van der Waals surface area contributed by atoms with E-state index in [4.69, 9.17) is 4.74 Å². The molecule has 0 saturated heterocycles. The standard InChI is InChI=1S/C23H36O5/c1-13(24)17-5-6-18-16-11-20(26)23(27)12-15(28-14(2)25)7-10-22(23,4)19(16)8-9-21(17,18)3/h15-20,26-27H,5-12H2,1-4H3/t15-,16+,17+,18+,19+,20+,21+,22+,23-/m0/s1. The fraction of sp³-hybridized carbons (Fsp3) is 0.913. The number of carbonyl (C=O) groups is 2. The fourth-order valence-electron chi connectivity index (χ4n) is 8.25. The second-order valence-electron chi connectivity index (χ2n) is 10.7. The van der Waals surface area contributed by atoms with E-state index in [9.17, 15) is 19.8 Å². The lowest BCUT2D eigenvalue weighted by atomic mass is 9.42. The van der Waals surface area contributed by atoms with Crippen molar-refractivity contribution in [1.29, 1.82) is 0 Å². The molecule has 0 aromatic carbocycles. The van der Waals surface area contributed by atoms with Gasteiger partial charge in [-0.15, -0.1) is 0 Å². The molecule has 4 aliphatic carbocycles. The van der Waals surface area contributed by atoms with Crippen LogP contribution in [-0.4, -0.2) is 39.8 Å². The molecule has 28 heavy (non-hydrogen) atoms. The van der Waals surface area contributed by atoms with Crippen LogP contribution in [0.4, 0.5) is 0 Å². The Kier molecular flexibility index (Phi) is 4.74. The molecular formula is C23H36O5. The monoisotopic (exact) mass is 392 g/mol. The van der Waals surface area contributed by atoms with Gasteiger partial charge in [0.15, 0.2) is 0 Å². The van der Waals surface area contributed by atoms with Crippen LogP contribution in [0.5, 0.6) is 0 Å². The lowest BCUT2D eigenvalue weighted by Gasteiger charge is -2.65. The summed E-state index contributed by atoms with van der Waals surface area (Å²) < 4.78 is 5.41. The molecule has 0 unspecified atom stereocenters. The minimum Gasteiger partial charge on any atom is -0.462 e. The molecule has 4 fully saturated rings. The van der Waals surface area contributed by atoms with Gasteiger partial charge in [0.25, 0.3) is 0 Å². The van der Waals surface area contributed by atoms with Gasteiger partial charge in [-0.3, -0.25) is 9.59 Å². The van der Waals surface area contributed by atoms with Gasteiger partial charge >= 0.3 is 5.97 Å². The molecule has 5 nitrogen and oxygen atoms in total. The summed E-state index contributed by atoms with van der Waals surface area (Å²) in [7, 11) is 0. The number of aliphatic hydroxyl groups excluding tert-OH is 1. The molecule has 2 N–H and O–H groups in total. The van der Waals surface area contributed by atoms with Gasteiger partial charge < -0.3 is 14.9 Å². The molecule has 0 aliphatic heterocycles. The van der Waals surface area contributed by atoms with Gasteiger partial charge in [0.1, 0.15) is 11.9 Å². The third-order valence-electron chi connectivity index (χ3n) is 9.64. The zero-order chi connectivity index (χ0) is 20.5. The highest BCUT2D eigenvalue weighted by atomic mass is 16.5. The Hall–Kier alpha value is -0.940. The van der Waals surface area contributed by atoms with Crippen molar-refractivity contribution >= 4 is 11.8 Å². The second-order valence-corrected chi connectivity index (χ2v) is 10.7. The zero-order valence-electron chi connectivity index (χ0n) is 17.7. The Morgan fingerprint density at radius 2 is 1.71 bits per heavy atom. The number of hydrogen-bond donors (Lipinski definition) is 2. The first-order valence-electron chi connectivity index (χ1n) is 11.1. The highest BCUT2D eigenvalue weighted by Crippen LogP contribution is 2.68. The molecule has 0 amide bonds. The lowest BCUT2D eigenvalue weighted by molar-refractivity contribution is -0.265. The lowest BCUT2D eigenvalue weighted by Crippen LogP contribution is -2.68. The molecule has 9 atom stereocenters. The Bertz CT molecular complexity index is 676. The van der Waals surface area contributed by atoms with E-state index < -0.39 is 11.7 Å². The number of hydrogen-bond acceptors (Lipinski definition) is 5. The molecule has 0 spiro atoms. The molecule has 4 rings (SSSR count). The van der Waals surface area contributed by atoms with E-state index in [2.05, 4.69) is 13.8 Å². The first kappa shape index (κ1) is 20.3. The summed E-state index contributed by atoms with van der Waals surface area (Å²) in [4.78, 5) is 23.7. The van der Waals surface area contributed by atoms with Gasteiger partial charge in [-0.25, -0.2) is 0 Å².